The maximum absolute atomic E-state index is 11.8. The van der Waals surface area contributed by atoms with E-state index in [9.17, 15) is 4.79 Å². The quantitative estimate of drug-likeness (QED) is 0.727. The first-order valence-corrected chi connectivity index (χ1v) is 9.31. The van der Waals surface area contributed by atoms with Crippen molar-refractivity contribution in [3.63, 3.8) is 0 Å². The Morgan fingerprint density at radius 1 is 1.22 bits per heavy atom. The van der Waals surface area contributed by atoms with E-state index in [4.69, 9.17) is 4.74 Å². The number of amides is 1. The van der Waals surface area contributed by atoms with E-state index >= 15 is 0 Å². The Morgan fingerprint density at radius 3 is 2.65 bits per heavy atom. The summed E-state index contributed by atoms with van der Waals surface area (Å²) in [5, 5.41) is 10.3. The normalized spacial score (nSPS) is 30.0. The van der Waals surface area contributed by atoms with Gasteiger partial charge in [0, 0.05) is 24.7 Å². The monoisotopic (exact) mass is 325 g/mol. The Hall–Kier alpha value is -0.810. The van der Waals surface area contributed by atoms with Gasteiger partial charge in [0.1, 0.15) is 5.60 Å². The molecular weight excluding hydrogens is 290 g/mol. The molecule has 23 heavy (non-hydrogen) atoms. The Bertz CT molecular complexity index is 375. The largest absolute Gasteiger partial charge is 0.444 e. The number of rotatable bonds is 5. The predicted octanol–water partition coefficient (Wildman–Crippen LogP) is 2.80. The average Bonchev–Trinajstić information content (AvgIpc) is 2.92. The van der Waals surface area contributed by atoms with Crippen LogP contribution in [0.2, 0.25) is 0 Å². The van der Waals surface area contributed by atoms with Crippen LogP contribution in [-0.4, -0.2) is 42.9 Å². The third-order valence-electron chi connectivity index (χ3n) is 4.88. The van der Waals surface area contributed by atoms with Gasteiger partial charge < -0.3 is 20.7 Å². The van der Waals surface area contributed by atoms with E-state index in [0.29, 0.717) is 12.1 Å². The summed E-state index contributed by atoms with van der Waals surface area (Å²) in [6, 6.07) is 1.33. The maximum Gasteiger partial charge on any atom is 0.407 e. The van der Waals surface area contributed by atoms with Crippen LogP contribution in [-0.2, 0) is 4.74 Å². The van der Waals surface area contributed by atoms with Crippen LogP contribution in [0, 0.1) is 5.92 Å². The van der Waals surface area contributed by atoms with Crippen molar-refractivity contribution in [2.75, 3.05) is 13.1 Å². The van der Waals surface area contributed by atoms with Crippen molar-refractivity contribution in [1.82, 2.24) is 16.0 Å². The van der Waals surface area contributed by atoms with Gasteiger partial charge in [-0.15, -0.1) is 0 Å². The topological polar surface area (TPSA) is 62.4 Å². The van der Waals surface area contributed by atoms with Crippen molar-refractivity contribution < 1.29 is 9.53 Å². The van der Waals surface area contributed by atoms with E-state index in [1.807, 2.05) is 27.7 Å². The van der Waals surface area contributed by atoms with Crippen molar-refractivity contribution >= 4 is 6.09 Å². The summed E-state index contributed by atoms with van der Waals surface area (Å²) >= 11 is 0. The zero-order chi connectivity index (χ0) is 16.9. The van der Waals surface area contributed by atoms with Crippen LogP contribution in [0.5, 0.6) is 0 Å². The van der Waals surface area contributed by atoms with Crippen LogP contribution in [0.4, 0.5) is 4.79 Å². The molecule has 0 aromatic rings. The van der Waals surface area contributed by atoms with Gasteiger partial charge in [0.25, 0.3) is 0 Å². The smallest absolute Gasteiger partial charge is 0.407 e. The van der Waals surface area contributed by atoms with Gasteiger partial charge in [-0.3, -0.25) is 0 Å². The molecule has 2 aliphatic rings. The van der Waals surface area contributed by atoms with Crippen LogP contribution >= 0.6 is 0 Å². The molecule has 1 saturated heterocycles. The molecule has 3 N–H and O–H groups in total. The highest BCUT2D eigenvalue weighted by molar-refractivity contribution is 5.68. The molecule has 0 spiro atoms. The van der Waals surface area contributed by atoms with Gasteiger partial charge in [-0.2, -0.15) is 0 Å². The summed E-state index contributed by atoms with van der Waals surface area (Å²) in [4.78, 5) is 11.8. The highest BCUT2D eigenvalue weighted by Gasteiger charge is 2.34. The summed E-state index contributed by atoms with van der Waals surface area (Å²) in [7, 11) is 0. The predicted molar refractivity (Wildman–Crippen MR) is 93.6 cm³/mol. The van der Waals surface area contributed by atoms with Crippen LogP contribution in [0.25, 0.3) is 0 Å². The third-order valence-corrected chi connectivity index (χ3v) is 4.88. The Labute approximate surface area is 141 Å². The second-order valence-electron chi connectivity index (χ2n) is 8.21. The van der Waals surface area contributed by atoms with Gasteiger partial charge in [-0.05, 0) is 65.8 Å². The van der Waals surface area contributed by atoms with Crippen molar-refractivity contribution in [3.05, 3.63) is 0 Å². The Kier molecular flexibility index (Phi) is 6.72. The van der Waals surface area contributed by atoms with Crippen molar-refractivity contribution in [3.8, 4) is 0 Å². The van der Waals surface area contributed by atoms with Crippen LogP contribution in [0.15, 0.2) is 0 Å². The molecule has 1 aliphatic heterocycles. The van der Waals surface area contributed by atoms with Gasteiger partial charge >= 0.3 is 6.09 Å². The minimum Gasteiger partial charge on any atom is -0.444 e. The number of hydrogen-bond donors (Lipinski definition) is 3. The number of hydrogen-bond acceptors (Lipinski definition) is 4. The molecule has 134 valence electrons. The van der Waals surface area contributed by atoms with E-state index in [0.717, 1.165) is 12.5 Å². The number of nitrogens with one attached hydrogen (secondary N) is 3. The number of piperidine rings is 1. The highest BCUT2D eigenvalue weighted by atomic mass is 16.6. The van der Waals surface area contributed by atoms with Crippen molar-refractivity contribution in [2.45, 2.75) is 89.9 Å². The Morgan fingerprint density at radius 2 is 2.00 bits per heavy atom. The zero-order valence-electron chi connectivity index (χ0n) is 15.3. The number of ether oxygens (including phenoxy) is 1. The lowest BCUT2D eigenvalue weighted by Crippen LogP contribution is -2.50. The molecule has 4 atom stereocenters. The molecule has 4 unspecified atom stereocenters. The molecule has 1 aliphatic carbocycles. The fraction of sp³-hybridized carbons (Fsp3) is 0.944. The lowest BCUT2D eigenvalue weighted by atomic mass is 9.88. The summed E-state index contributed by atoms with van der Waals surface area (Å²) in [6.45, 7) is 9.65. The van der Waals surface area contributed by atoms with E-state index in [-0.39, 0.29) is 12.1 Å². The summed E-state index contributed by atoms with van der Waals surface area (Å²) in [5.41, 5.74) is -0.444. The molecule has 1 saturated carbocycles. The minimum atomic E-state index is -0.444. The maximum atomic E-state index is 11.8. The van der Waals surface area contributed by atoms with E-state index < -0.39 is 5.60 Å². The van der Waals surface area contributed by atoms with Gasteiger partial charge in [0.15, 0.2) is 0 Å². The first-order valence-electron chi connectivity index (χ1n) is 9.31. The minimum absolute atomic E-state index is 0.0745. The lowest BCUT2D eigenvalue weighted by Gasteiger charge is -2.33. The molecule has 0 radical (unpaired) electrons. The second-order valence-corrected chi connectivity index (χ2v) is 8.21. The van der Waals surface area contributed by atoms with E-state index in [2.05, 4.69) is 16.0 Å². The number of alkyl carbamates (subject to hydrolysis) is 1. The van der Waals surface area contributed by atoms with Crippen molar-refractivity contribution in [2.24, 2.45) is 5.92 Å². The zero-order valence-corrected chi connectivity index (χ0v) is 15.3. The molecule has 2 rings (SSSR count). The molecule has 5 nitrogen and oxygen atoms in total. The van der Waals surface area contributed by atoms with Crippen LogP contribution in [0.3, 0.4) is 0 Å². The van der Waals surface area contributed by atoms with Gasteiger partial charge in [0.05, 0.1) is 0 Å². The number of carbonyl (C=O) groups is 1. The average molecular weight is 325 g/mol. The van der Waals surface area contributed by atoms with E-state index in [1.54, 1.807) is 0 Å². The first-order chi connectivity index (χ1) is 10.8. The molecule has 5 heteroatoms. The lowest BCUT2D eigenvalue weighted by molar-refractivity contribution is 0.0507. The molecule has 0 aromatic carbocycles. The van der Waals surface area contributed by atoms with Crippen molar-refractivity contribution in [1.29, 1.82) is 0 Å². The van der Waals surface area contributed by atoms with Gasteiger partial charge in [0.2, 0.25) is 0 Å². The standard InChI is InChI=1S/C18H35N3O2/c1-13(21-17(22)23-18(2,3)4)12-20-16-10-7-8-14(16)15-9-5-6-11-19-15/h13-16,19-20H,5-12H2,1-4H3,(H,21,22). The SMILES string of the molecule is CC(CNC1CCCC1C1CCCCN1)NC(=O)OC(C)(C)C. The van der Waals surface area contributed by atoms with Gasteiger partial charge in [-0.25, -0.2) is 4.79 Å². The summed E-state index contributed by atoms with van der Waals surface area (Å²) in [6.07, 6.45) is 7.55. The molecule has 0 bridgehead atoms. The molecule has 1 amide bonds. The molecule has 2 fully saturated rings. The summed E-state index contributed by atoms with van der Waals surface area (Å²) < 4.78 is 5.31. The molecule has 1 heterocycles. The second kappa shape index (κ2) is 8.34. The molecule has 0 aromatic heterocycles. The number of carbonyl (C=O) groups excluding carboxylic acids is 1. The fourth-order valence-corrected chi connectivity index (χ4v) is 3.86. The first kappa shape index (κ1) is 18.5. The summed E-state index contributed by atoms with van der Waals surface area (Å²) in [5.74, 6) is 0.740. The fourth-order valence-electron chi connectivity index (χ4n) is 3.86. The van der Waals surface area contributed by atoms with E-state index in [1.165, 1.54) is 45.1 Å². The molecular formula is C18H35N3O2. The van der Waals surface area contributed by atoms with Crippen LogP contribution in [0.1, 0.15) is 66.2 Å². The Balaban J connectivity index is 1.72. The highest BCUT2D eigenvalue weighted by Crippen LogP contribution is 2.31. The van der Waals surface area contributed by atoms with Gasteiger partial charge in [-0.1, -0.05) is 12.8 Å². The van der Waals surface area contributed by atoms with Crippen LogP contribution < -0.4 is 16.0 Å². The third kappa shape index (κ3) is 6.30.